The van der Waals surface area contributed by atoms with Crippen LogP contribution in [-0.4, -0.2) is 37.9 Å². The number of carbonyl (C=O) groups excluding carboxylic acids is 1. The molecule has 1 atom stereocenters. The van der Waals surface area contributed by atoms with Crippen LogP contribution in [0.15, 0.2) is 23.1 Å². The summed E-state index contributed by atoms with van der Waals surface area (Å²) in [6, 6.07) is 4.78. The van der Waals surface area contributed by atoms with Gasteiger partial charge in [-0.25, -0.2) is 13.1 Å². The van der Waals surface area contributed by atoms with Crippen LogP contribution in [0, 0.1) is 12.8 Å². The maximum absolute atomic E-state index is 12.9. The number of nitrogens with one attached hydrogen (secondary N) is 1. The van der Waals surface area contributed by atoms with Gasteiger partial charge in [0.05, 0.1) is 4.90 Å². The molecule has 5 nitrogen and oxygen atoms in total. The molecule has 1 aromatic rings. The van der Waals surface area contributed by atoms with Crippen molar-refractivity contribution >= 4 is 15.9 Å². The van der Waals surface area contributed by atoms with Gasteiger partial charge in [0.15, 0.2) is 0 Å². The lowest BCUT2D eigenvalue weighted by Crippen LogP contribution is -2.40. The standard InChI is InChI=1S/C19H30N2O3S/c1-6-7-15-10-11-21(13-15)18(22)17-12-16(9-8-14(17)2)25(23,24)20-19(3,4)5/h8-9,12,15,20H,6-7,10-11,13H2,1-5H3/t15-/m1/s1. The quantitative estimate of drug-likeness (QED) is 0.869. The molecule has 1 heterocycles. The summed E-state index contributed by atoms with van der Waals surface area (Å²) in [4.78, 5) is 14.9. The summed E-state index contributed by atoms with van der Waals surface area (Å²) in [5.74, 6) is 0.493. The fraction of sp³-hybridized carbons (Fsp3) is 0.632. The molecular formula is C19H30N2O3S. The van der Waals surface area contributed by atoms with E-state index in [1.807, 2.05) is 11.8 Å². The number of aryl methyl sites for hydroxylation is 1. The van der Waals surface area contributed by atoms with Crippen LogP contribution in [0.3, 0.4) is 0 Å². The molecule has 2 rings (SSSR count). The third-order valence-electron chi connectivity index (χ3n) is 4.46. The molecule has 0 radical (unpaired) electrons. The molecule has 6 heteroatoms. The Morgan fingerprint density at radius 3 is 2.60 bits per heavy atom. The molecule has 1 aliphatic heterocycles. The van der Waals surface area contributed by atoms with Crippen LogP contribution in [0.1, 0.15) is 62.9 Å². The zero-order valence-electron chi connectivity index (χ0n) is 15.9. The lowest BCUT2D eigenvalue weighted by Gasteiger charge is -2.22. The number of sulfonamides is 1. The Kier molecular flexibility index (Phi) is 5.94. The second-order valence-electron chi connectivity index (χ2n) is 8.03. The minimum Gasteiger partial charge on any atom is -0.338 e. The number of hydrogen-bond donors (Lipinski definition) is 1. The van der Waals surface area contributed by atoms with Gasteiger partial charge in [-0.1, -0.05) is 19.4 Å². The van der Waals surface area contributed by atoms with E-state index in [2.05, 4.69) is 11.6 Å². The summed E-state index contributed by atoms with van der Waals surface area (Å²) in [7, 11) is -3.65. The van der Waals surface area contributed by atoms with E-state index in [0.717, 1.165) is 37.9 Å². The van der Waals surface area contributed by atoms with E-state index in [9.17, 15) is 13.2 Å². The van der Waals surface area contributed by atoms with Gasteiger partial charge in [-0.15, -0.1) is 0 Å². The molecule has 0 aliphatic carbocycles. The summed E-state index contributed by atoms with van der Waals surface area (Å²) in [5, 5.41) is 0. The van der Waals surface area contributed by atoms with Crippen LogP contribution in [-0.2, 0) is 10.0 Å². The molecule has 1 saturated heterocycles. The van der Waals surface area contributed by atoms with Crippen molar-refractivity contribution in [1.82, 2.24) is 9.62 Å². The lowest BCUT2D eigenvalue weighted by atomic mass is 10.0. The lowest BCUT2D eigenvalue weighted by molar-refractivity contribution is 0.0785. The van der Waals surface area contributed by atoms with Gasteiger partial charge in [0.1, 0.15) is 0 Å². The molecule has 0 aromatic heterocycles. The number of hydrogen-bond acceptors (Lipinski definition) is 3. The molecule has 25 heavy (non-hydrogen) atoms. The predicted octanol–water partition coefficient (Wildman–Crippen LogP) is 3.33. The first kappa shape index (κ1) is 19.9. The van der Waals surface area contributed by atoms with Crippen LogP contribution >= 0.6 is 0 Å². The highest BCUT2D eigenvalue weighted by Crippen LogP contribution is 2.25. The Morgan fingerprint density at radius 1 is 1.32 bits per heavy atom. The molecule has 0 saturated carbocycles. The fourth-order valence-electron chi connectivity index (χ4n) is 3.29. The highest BCUT2D eigenvalue weighted by atomic mass is 32.2. The Balaban J connectivity index is 2.26. The summed E-state index contributed by atoms with van der Waals surface area (Å²) < 4.78 is 27.8. The third-order valence-corrected chi connectivity index (χ3v) is 6.22. The molecule has 1 N–H and O–H groups in total. The van der Waals surface area contributed by atoms with Gasteiger partial charge in [0.25, 0.3) is 5.91 Å². The maximum Gasteiger partial charge on any atom is 0.254 e. The molecule has 1 fully saturated rings. The molecule has 140 valence electrons. The number of carbonyl (C=O) groups is 1. The van der Waals surface area contributed by atoms with Crippen LogP contribution in [0.25, 0.3) is 0 Å². The molecule has 1 amide bonds. The monoisotopic (exact) mass is 366 g/mol. The van der Waals surface area contributed by atoms with Gasteiger partial charge in [0.2, 0.25) is 10.0 Å². The van der Waals surface area contributed by atoms with Crippen molar-refractivity contribution < 1.29 is 13.2 Å². The Morgan fingerprint density at radius 2 is 2.00 bits per heavy atom. The van der Waals surface area contributed by atoms with Gasteiger partial charge >= 0.3 is 0 Å². The van der Waals surface area contributed by atoms with Crippen LogP contribution < -0.4 is 4.72 Å². The Labute approximate surface area is 151 Å². The smallest absolute Gasteiger partial charge is 0.254 e. The second kappa shape index (κ2) is 7.46. The SMILES string of the molecule is CCC[C@@H]1CCN(C(=O)c2cc(S(=O)(=O)NC(C)(C)C)ccc2C)C1. The van der Waals surface area contributed by atoms with Crippen molar-refractivity contribution in [1.29, 1.82) is 0 Å². The largest absolute Gasteiger partial charge is 0.338 e. The number of nitrogens with zero attached hydrogens (tertiary/aromatic N) is 1. The first-order chi connectivity index (χ1) is 11.5. The highest BCUT2D eigenvalue weighted by molar-refractivity contribution is 7.89. The summed E-state index contributed by atoms with van der Waals surface area (Å²) in [5.41, 5.74) is 0.712. The van der Waals surface area contributed by atoms with Gasteiger partial charge in [-0.3, -0.25) is 4.79 Å². The van der Waals surface area contributed by atoms with Gasteiger partial charge in [-0.05, 0) is 64.2 Å². The minimum absolute atomic E-state index is 0.0658. The first-order valence-corrected chi connectivity index (χ1v) is 10.5. The van der Waals surface area contributed by atoms with Crippen molar-refractivity contribution in [3.05, 3.63) is 29.3 Å². The summed E-state index contributed by atoms with van der Waals surface area (Å²) in [6.07, 6.45) is 3.28. The van der Waals surface area contributed by atoms with E-state index in [-0.39, 0.29) is 10.8 Å². The number of benzene rings is 1. The van der Waals surface area contributed by atoms with E-state index in [1.165, 1.54) is 6.07 Å². The zero-order valence-corrected chi connectivity index (χ0v) is 16.7. The van der Waals surface area contributed by atoms with Crippen molar-refractivity contribution in [2.24, 2.45) is 5.92 Å². The molecule has 1 aromatic carbocycles. The van der Waals surface area contributed by atoms with Crippen LogP contribution in [0.5, 0.6) is 0 Å². The van der Waals surface area contributed by atoms with Crippen molar-refractivity contribution in [3.8, 4) is 0 Å². The average molecular weight is 367 g/mol. The molecule has 0 spiro atoms. The van der Waals surface area contributed by atoms with E-state index >= 15 is 0 Å². The van der Waals surface area contributed by atoms with E-state index in [0.29, 0.717) is 11.5 Å². The van der Waals surface area contributed by atoms with Gasteiger partial charge in [-0.2, -0.15) is 0 Å². The van der Waals surface area contributed by atoms with E-state index < -0.39 is 15.6 Å². The molecule has 0 unspecified atom stereocenters. The van der Waals surface area contributed by atoms with E-state index in [4.69, 9.17) is 0 Å². The summed E-state index contributed by atoms with van der Waals surface area (Å²) >= 11 is 0. The van der Waals surface area contributed by atoms with Crippen molar-refractivity contribution in [2.75, 3.05) is 13.1 Å². The number of rotatable bonds is 5. The second-order valence-corrected chi connectivity index (χ2v) is 9.71. The normalized spacial score (nSPS) is 18.6. The van der Waals surface area contributed by atoms with E-state index in [1.54, 1.807) is 32.9 Å². The number of amides is 1. The minimum atomic E-state index is -3.65. The average Bonchev–Trinajstić information content (AvgIpc) is 2.93. The predicted molar refractivity (Wildman–Crippen MR) is 100 cm³/mol. The molecule has 0 bridgehead atoms. The Hall–Kier alpha value is -1.40. The van der Waals surface area contributed by atoms with Crippen LogP contribution in [0.4, 0.5) is 0 Å². The molecule has 1 aliphatic rings. The van der Waals surface area contributed by atoms with Crippen molar-refractivity contribution in [3.63, 3.8) is 0 Å². The van der Waals surface area contributed by atoms with Crippen LogP contribution in [0.2, 0.25) is 0 Å². The van der Waals surface area contributed by atoms with Crippen molar-refractivity contribution in [2.45, 2.75) is 64.3 Å². The van der Waals surface area contributed by atoms with Gasteiger partial charge < -0.3 is 4.90 Å². The highest BCUT2D eigenvalue weighted by Gasteiger charge is 2.29. The first-order valence-electron chi connectivity index (χ1n) is 8.97. The topological polar surface area (TPSA) is 66.5 Å². The third kappa shape index (κ3) is 5.05. The number of likely N-dealkylation sites (tertiary alicyclic amines) is 1. The fourth-order valence-corrected chi connectivity index (χ4v) is 4.74. The maximum atomic E-state index is 12.9. The Bertz CT molecular complexity index is 736. The molecular weight excluding hydrogens is 336 g/mol. The summed E-state index contributed by atoms with van der Waals surface area (Å²) in [6.45, 7) is 10.9. The van der Waals surface area contributed by atoms with Gasteiger partial charge in [0, 0.05) is 24.2 Å². The zero-order chi connectivity index (χ0) is 18.8.